The van der Waals surface area contributed by atoms with Crippen LogP contribution in [0, 0.1) is 18.3 Å². The van der Waals surface area contributed by atoms with Gasteiger partial charge in [-0.05, 0) is 31.0 Å². The van der Waals surface area contributed by atoms with Gasteiger partial charge in [0.1, 0.15) is 17.5 Å². The van der Waals surface area contributed by atoms with Crippen LogP contribution in [0.3, 0.4) is 0 Å². The summed E-state index contributed by atoms with van der Waals surface area (Å²) in [6, 6.07) is 5.52. The van der Waals surface area contributed by atoms with Crippen molar-refractivity contribution in [1.29, 1.82) is 5.26 Å². The van der Waals surface area contributed by atoms with Gasteiger partial charge in [0.25, 0.3) is 5.91 Å². The summed E-state index contributed by atoms with van der Waals surface area (Å²) >= 11 is 5.50. The van der Waals surface area contributed by atoms with Crippen LogP contribution in [-0.4, -0.2) is 23.3 Å². The van der Waals surface area contributed by atoms with Crippen LogP contribution in [0.5, 0.6) is 0 Å². The van der Waals surface area contributed by atoms with Gasteiger partial charge >= 0.3 is 0 Å². The zero-order valence-electron chi connectivity index (χ0n) is 10.6. The molecule has 0 aromatic carbocycles. The molecule has 1 aromatic rings. The average molecular weight is 279 g/mol. The smallest absolute Gasteiger partial charge is 0.263 e. The summed E-state index contributed by atoms with van der Waals surface area (Å²) in [5.74, 6) is 0.631. The number of carbonyl (C=O) groups excluding carboxylic acids is 1. The fraction of sp³-hybridized carbons (Fsp3) is 0.308. The van der Waals surface area contributed by atoms with Crippen molar-refractivity contribution in [2.75, 3.05) is 17.7 Å². The highest BCUT2D eigenvalue weighted by Crippen LogP contribution is 2.06. The van der Waals surface area contributed by atoms with Crippen molar-refractivity contribution in [3.8, 4) is 6.07 Å². The van der Waals surface area contributed by atoms with Crippen molar-refractivity contribution in [1.82, 2.24) is 10.3 Å². The number of carbonyl (C=O) groups is 1. The molecule has 0 atom stereocenters. The van der Waals surface area contributed by atoms with Gasteiger partial charge in [0.05, 0.1) is 0 Å². The largest absolute Gasteiger partial charge is 0.351 e. The number of anilines is 1. The molecule has 0 saturated carbocycles. The molecule has 0 saturated heterocycles. The third-order valence-corrected chi connectivity index (χ3v) is 2.51. The number of hydrogen-bond donors (Lipinski definition) is 2. The van der Waals surface area contributed by atoms with Crippen LogP contribution >= 0.6 is 11.6 Å². The van der Waals surface area contributed by atoms with Crippen molar-refractivity contribution >= 4 is 23.3 Å². The van der Waals surface area contributed by atoms with E-state index in [0.29, 0.717) is 24.7 Å². The van der Waals surface area contributed by atoms with Gasteiger partial charge in [0, 0.05) is 24.8 Å². The van der Waals surface area contributed by atoms with Gasteiger partial charge in [-0.2, -0.15) is 5.26 Å². The average Bonchev–Trinajstić information content (AvgIpc) is 2.40. The summed E-state index contributed by atoms with van der Waals surface area (Å²) in [7, 11) is 0. The van der Waals surface area contributed by atoms with E-state index in [1.165, 1.54) is 6.20 Å². The van der Waals surface area contributed by atoms with E-state index in [4.69, 9.17) is 16.9 Å². The van der Waals surface area contributed by atoms with Gasteiger partial charge in [-0.15, -0.1) is 11.6 Å². The normalized spacial score (nSPS) is 10.7. The van der Waals surface area contributed by atoms with Crippen molar-refractivity contribution in [3.63, 3.8) is 0 Å². The lowest BCUT2D eigenvalue weighted by atomic mass is 10.3. The van der Waals surface area contributed by atoms with E-state index in [1.807, 2.05) is 25.1 Å². The van der Waals surface area contributed by atoms with Crippen molar-refractivity contribution in [2.24, 2.45) is 0 Å². The fourth-order valence-corrected chi connectivity index (χ4v) is 1.41. The molecule has 0 unspecified atom stereocenters. The molecule has 1 aromatic heterocycles. The van der Waals surface area contributed by atoms with Crippen LogP contribution in [0.25, 0.3) is 0 Å². The number of aryl methyl sites for hydroxylation is 1. The summed E-state index contributed by atoms with van der Waals surface area (Å²) in [4.78, 5) is 15.7. The molecule has 0 spiro atoms. The lowest BCUT2D eigenvalue weighted by Gasteiger charge is -2.04. The van der Waals surface area contributed by atoms with E-state index >= 15 is 0 Å². The van der Waals surface area contributed by atoms with Crippen LogP contribution in [0.1, 0.15) is 12.0 Å². The minimum absolute atomic E-state index is 0.00196. The number of pyridine rings is 1. The minimum Gasteiger partial charge on any atom is -0.351 e. The molecule has 0 aliphatic carbocycles. The van der Waals surface area contributed by atoms with Gasteiger partial charge in [-0.25, -0.2) is 4.98 Å². The third-order valence-electron chi connectivity index (χ3n) is 2.24. The number of halogens is 1. The second kappa shape index (κ2) is 8.11. The molecule has 1 heterocycles. The molecular weight excluding hydrogens is 264 g/mol. The van der Waals surface area contributed by atoms with E-state index in [1.54, 1.807) is 6.20 Å². The van der Waals surface area contributed by atoms with Crippen molar-refractivity contribution < 1.29 is 4.79 Å². The molecule has 0 aliphatic rings. The summed E-state index contributed by atoms with van der Waals surface area (Å²) < 4.78 is 0. The molecule has 0 aliphatic heterocycles. The first-order chi connectivity index (χ1) is 9.17. The standard InChI is InChI=1S/C13H15ClN4O/c1-10-3-6-16-12(7-10)18-9-11(8-15)13(19)17-5-2-4-14/h3,6-7,9H,2,4-5H2,1H3,(H,16,18)(H,17,19)/b11-9-. The van der Waals surface area contributed by atoms with E-state index in [-0.39, 0.29) is 5.57 Å². The zero-order chi connectivity index (χ0) is 14.1. The molecule has 5 nitrogen and oxygen atoms in total. The first-order valence-electron chi connectivity index (χ1n) is 5.81. The molecule has 19 heavy (non-hydrogen) atoms. The highest BCUT2D eigenvalue weighted by Gasteiger charge is 2.07. The summed E-state index contributed by atoms with van der Waals surface area (Å²) in [5, 5.41) is 14.4. The van der Waals surface area contributed by atoms with Gasteiger partial charge in [0.15, 0.2) is 0 Å². The molecule has 1 amide bonds. The quantitative estimate of drug-likeness (QED) is 0.361. The summed E-state index contributed by atoms with van der Waals surface area (Å²) in [5.41, 5.74) is 1.04. The highest BCUT2D eigenvalue weighted by atomic mass is 35.5. The lowest BCUT2D eigenvalue weighted by molar-refractivity contribution is -0.117. The number of rotatable bonds is 6. The van der Waals surface area contributed by atoms with E-state index < -0.39 is 5.91 Å². The first kappa shape index (κ1) is 15.0. The summed E-state index contributed by atoms with van der Waals surface area (Å²) in [6.45, 7) is 2.38. The Balaban J connectivity index is 2.62. The Labute approximate surface area is 117 Å². The maximum atomic E-state index is 11.6. The van der Waals surface area contributed by atoms with Crippen LogP contribution in [-0.2, 0) is 4.79 Å². The maximum absolute atomic E-state index is 11.6. The number of aromatic nitrogens is 1. The molecular formula is C13H15ClN4O. The second-order valence-corrected chi connectivity index (χ2v) is 4.21. The Morgan fingerprint density at radius 2 is 2.42 bits per heavy atom. The monoisotopic (exact) mass is 278 g/mol. The van der Waals surface area contributed by atoms with E-state index in [0.717, 1.165) is 5.56 Å². The van der Waals surface area contributed by atoms with Crippen LogP contribution in [0.2, 0.25) is 0 Å². The SMILES string of the molecule is Cc1ccnc(N/C=C(/C#N)C(=O)NCCCCl)c1. The molecule has 6 heteroatoms. The van der Waals surface area contributed by atoms with Crippen LogP contribution < -0.4 is 10.6 Å². The Bertz CT molecular complexity index is 508. The molecule has 0 fully saturated rings. The number of nitriles is 1. The maximum Gasteiger partial charge on any atom is 0.263 e. The highest BCUT2D eigenvalue weighted by molar-refractivity contribution is 6.17. The topological polar surface area (TPSA) is 77.8 Å². The third kappa shape index (κ3) is 5.40. The predicted octanol–water partition coefficient (Wildman–Crippen LogP) is 1.95. The molecule has 1 rings (SSSR count). The van der Waals surface area contributed by atoms with Gasteiger partial charge in [0.2, 0.25) is 0 Å². The Morgan fingerprint density at radius 1 is 1.63 bits per heavy atom. The number of nitrogens with zero attached hydrogens (tertiary/aromatic N) is 2. The number of amides is 1. The molecule has 2 N–H and O–H groups in total. The van der Waals surface area contributed by atoms with E-state index in [2.05, 4.69) is 15.6 Å². The van der Waals surface area contributed by atoms with Gasteiger partial charge in [-0.3, -0.25) is 4.79 Å². The molecule has 0 bridgehead atoms. The number of alkyl halides is 1. The predicted molar refractivity (Wildman–Crippen MR) is 74.6 cm³/mol. The molecule has 0 radical (unpaired) electrons. The van der Waals surface area contributed by atoms with Gasteiger partial charge in [-0.1, -0.05) is 0 Å². The Hall–Kier alpha value is -2.06. The lowest BCUT2D eigenvalue weighted by Crippen LogP contribution is -2.26. The van der Waals surface area contributed by atoms with Gasteiger partial charge < -0.3 is 10.6 Å². The number of nitrogens with one attached hydrogen (secondary N) is 2. The number of hydrogen-bond acceptors (Lipinski definition) is 4. The molecule has 100 valence electrons. The fourth-order valence-electron chi connectivity index (χ4n) is 1.27. The first-order valence-corrected chi connectivity index (χ1v) is 6.34. The second-order valence-electron chi connectivity index (χ2n) is 3.83. The minimum atomic E-state index is -0.423. The van der Waals surface area contributed by atoms with Crippen LogP contribution in [0.15, 0.2) is 30.1 Å². The summed E-state index contributed by atoms with van der Waals surface area (Å²) in [6.07, 6.45) is 3.66. The van der Waals surface area contributed by atoms with Crippen molar-refractivity contribution in [3.05, 3.63) is 35.7 Å². The Morgan fingerprint density at radius 3 is 3.05 bits per heavy atom. The van der Waals surface area contributed by atoms with E-state index in [9.17, 15) is 4.79 Å². The van der Waals surface area contributed by atoms with Crippen LogP contribution in [0.4, 0.5) is 5.82 Å². The van der Waals surface area contributed by atoms with Crippen molar-refractivity contribution in [2.45, 2.75) is 13.3 Å². The Kier molecular flexibility index (Phi) is 6.41. The zero-order valence-corrected chi connectivity index (χ0v) is 11.4.